The van der Waals surface area contributed by atoms with Crippen LogP contribution in [-0.2, 0) is 9.53 Å². The van der Waals surface area contributed by atoms with Gasteiger partial charge < -0.3 is 14.4 Å². The van der Waals surface area contributed by atoms with Gasteiger partial charge >= 0.3 is 5.97 Å². The summed E-state index contributed by atoms with van der Waals surface area (Å²) in [6, 6.07) is 3.13. The number of likely N-dealkylation sites (tertiary alicyclic amines) is 1. The van der Waals surface area contributed by atoms with Crippen LogP contribution in [0.5, 0.6) is 5.75 Å². The zero-order valence-corrected chi connectivity index (χ0v) is 13.9. The normalized spacial score (nSPS) is 18.0. The molecule has 0 bridgehead atoms. The summed E-state index contributed by atoms with van der Waals surface area (Å²) in [6.45, 7) is 0.857. The van der Waals surface area contributed by atoms with E-state index in [0.717, 1.165) is 6.42 Å². The van der Waals surface area contributed by atoms with Gasteiger partial charge in [0.05, 0.1) is 30.2 Å². The fourth-order valence-electron chi connectivity index (χ4n) is 2.61. The lowest BCUT2D eigenvalue weighted by atomic mass is 9.97. The number of esters is 1. The number of benzene rings is 1. The molecule has 1 fully saturated rings. The molecular formula is C15H17Cl2NO4. The van der Waals surface area contributed by atoms with E-state index in [4.69, 9.17) is 32.7 Å². The molecular weight excluding hydrogens is 329 g/mol. The van der Waals surface area contributed by atoms with Gasteiger partial charge in [-0.2, -0.15) is 0 Å². The Bertz CT molecular complexity index is 591. The minimum absolute atomic E-state index is 0.224. The number of amides is 1. The first-order chi connectivity index (χ1) is 10.5. The molecule has 0 N–H and O–H groups in total. The van der Waals surface area contributed by atoms with Crippen molar-refractivity contribution in [1.29, 1.82) is 0 Å². The molecule has 0 spiro atoms. The third-order valence-corrected chi connectivity index (χ3v) is 4.33. The lowest BCUT2D eigenvalue weighted by molar-refractivity contribution is -0.146. The number of ether oxygens (including phenoxy) is 2. The van der Waals surface area contributed by atoms with E-state index in [9.17, 15) is 9.59 Å². The molecule has 1 saturated heterocycles. The number of carbonyl (C=O) groups is 2. The van der Waals surface area contributed by atoms with Crippen LogP contribution in [0, 0.1) is 5.92 Å². The third-order valence-electron chi connectivity index (χ3n) is 3.72. The van der Waals surface area contributed by atoms with E-state index in [2.05, 4.69) is 0 Å². The van der Waals surface area contributed by atoms with Crippen molar-refractivity contribution in [3.63, 3.8) is 0 Å². The topological polar surface area (TPSA) is 55.8 Å². The summed E-state index contributed by atoms with van der Waals surface area (Å²) in [4.78, 5) is 26.0. The number of nitrogens with zero attached hydrogens (tertiary/aromatic N) is 1. The van der Waals surface area contributed by atoms with Crippen LogP contribution in [-0.4, -0.2) is 44.1 Å². The fourth-order valence-corrected chi connectivity index (χ4v) is 3.08. The van der Waals surface area contributed by atoms with Crippen LogP contribution in [0.3, 0.4) is 0 Å². The summed E-state index contributed by atoms with van der Waals surface area (Å²) in [5.41, 5.74) is 0.224. The van der Waals surface area contributed by atoms with Crippen molar-refractivity contribution < 1.29 is 19.1 Å². The molecule has 1 aromatic carbocycles. The minimum Gasteiger partial charge on any atom is -0.494 e. The van der Waals surface area contributed by atoms with Crippen LogP contribution in [0.4, 0.5) is 0 Å². The van der Waals surface area contributed by atoms with Crippen LogP contribution in [0.25, 0.3) is 0 Å². The van der Waals surface area contributed by atoms with Crippen molar-refractivity contribution in [2.45, 2.75) is 12.8 Å². The maximum absolute atomic E-state index is 12.8. The molecule has 2 rings (SSSR count). The molecule has 0 saturated carbocycles. The average Bonchev–Trinajstić information content (AvgIpc) is 2.55. The highest BCUT2D eigenvalue weighted by Gasteiger charge is 2.32. The van der Waals surface area contributed by atoms with E-state index >= 15 is 0 Å². The predicted octanol–water partition coefficient (Wildman–Crippen LogP) is 3.03. The Balaban J connectivity index is 2.28. The molecule has 5 nitrogen and oxygen atoms in total. The van der Waals surface area contributed by atoms with Gasteiger partial charge in [-0.15, -0.1) is 0 Å². The highest BCUT2D eigenvalue weighted by molar-refractivity contribution is 6.37. The van der Waals surface area contributed by atoms with Gasteiger partial charge in [0.1, 0.15) is 5.56 Å². The van der Waals surface area contributed by atoms with Gasteiger partial charge in [-0.3, -0.25) is 9.59 Å². The van der Waals surface area contributed by atoms with Crippen molar-refractivity contribution in [3.8, 4) is 5.75 Å². The molecule has 1 atom stereocenters. The third kappa shape index (κ3) is 3.31. The minimum atomic E-state index is -0.313. The number of rotatable bonds is 3. The quantitative estimate of drug-likeness (QED) is 0.790. The molecule has 1 heterocycles. The first-order valence-electron chi connectivity index (χ1n) is 6.88. The maximum atomic E-state index is 12.8. The summed E-state index contributed by atoms with van der Waals surface area (Å²) >= 11 is 12.2. The van der Waals surface area contributed by atoms with Crippen molar-refractivity contribution in [2.24, 2.45) is 5.92 Å². The Morgan fingerprint density at radius 2 is 1.91 bits per heavy atom. The van der Waals surface area contributed by atoms with E-state index in [1.807, 2.05) is 0 Å². The first kappa shape index (κ1) is 16.9. The van der Waals surface area contributed by atoms with Crippen LogP contribution in [0.1, 0.15) is 23.2 Å². The summed E-state index contributed by atoms with van der Waals surface area (Å²) in [5.74, 6) is -0.661. The average molecular weight is 346 g/mol. The number of halogens is 2. The van der Waals surface area contributed by atoms with Crippen molar-refractivity contribution in [1.82, 2.24) is 4.90 Å². The lowest BCUT2D eigenvalue weighted by Crippen LogP contribution is -2.42. The molecule has 0 aliphatic carbocycles. The zero-order chi connectivity index (χ0) is 16.3. The summed E-state index contributed by atoms with van der Waals surface area (Å²) in [7, 11) is 2.78. The Labute approximate surface area is 139 Å². The zero-order valence-electron chi connectivity index (χ0n) is 12.4. The Morgan fingerprint density at radius 3 is 2.55 bits per heavy atom. The van der Waals surface area contributed by atoms with Gasteiger partial charge in [-0.25, -0.2) is 0 Å². The Morgan fingerprint density at radius 1 is 1.23 bits per heavy atom. The number of piperidine rings is 1. The van der Waals surface area contributed by atoms with E-state index in [0.29, 0.717) is 24.5 Å². The maximum Gasteiger partial charge on any atom is 0.310 e. The second kappa shape index (κ2) is 7.20. The summed E-state index contributed by atoms with van der Waals surface area (Å²) < 4.78 is 9.97. The van der Waals surface area contributed by atoms with Crippen molar-refractivity contribution >= 4 is 35.1 Å². The van der Waals surface area contributed by atoms with Gasteiger partial charge in [0.25, 0.3) is 5.91 Å². The summed E-state index contributed by atoms with van der Waals surface area (Å²) in [6.07, 6.45) is 1.43. The second-order valence-electron chi connectivity index (χ2n) is 5.05. The Hall–Kier alpha value is -1.46. The van der Waals surface area contributed by atoms with Gasteiger partial charge in [0.2, 0.25) is 0 Å². The van der Waals surface area contributed by atoms with Gasteiger partial charge in [-0.1, -0.05) is 23.2 Å². The SMILES string of the molecule is COC(=O)C1CCCN(C(=O)c2c(Cl)ccc(Cl)c2OC)C1. The summed E-state index contributed by atoms with van der Waals surface area (Å²) in [5, 5.41) is 0.586. The van der Waals surface area contributed by atoms with Crippen molar-refractivity contribution in [2.75, 3.05) is 27.3 Å². The molecule has 1 aromatic rings. The number of methoxy groups -OCH3 is 2. The molecule has 0 radical (unpaired) electrons. The van der Waals surface area contributed by atoms with Crippen LogP contribution < -0.4 is 4.74 Å². The monoisotopic (exact) mass is 345 g/mol. The van der Waals surface area contributed by atoms with E-state index < -0.39 is 0 Å². The molecule has 1 unspecified atom stereocenters. The molecule has 1 aliphatic rings. The number of hydrogen-bond donors (Lipinski definition) is 0. The standard InChI is InChI=1S/C15H17Cl2NO4/c1-21-13-11(17)6-5-10(16)12(13)14(19)18-7-3-4-9(8-18)15(20)22-2/h5-6,9H,3-4,7-8H2,1-2H3. The lowest BCUT2D eigenvalue weighted by Gasteiger charge is -2.32. The van der Waals surface area contributed by atoms with E-state index in [-0.39, 0.29) is 34.1 Å². The van der Waals surface area contributed by atoms with Crippen molar-refractivity contribution in [3.05, 3.63) is 27.7 Å². The molecule has 0 aromatic heterocycles. The highest BCUT2D eigenvalue weighted by Crippen LogP contribution is 2.35. The van der Waals surface area contributed by atoms with E-state index in [1.54, 1.807) is 17.0 Å². The molecule has 1 aliphatic heterocycles. The van der Waals surface area contributed by atoms with Crippen LogP contribution >= 0.6 is 23.2 Å². The van der Waals surface area contributed by atoms with Crippen LogP contribution in [0.2, 0.25) is 10.0 Å². The molecule has 120 valence electrons. The van der Waals surface area contributed by atoms with Gasteiger partial charge in [0, 0.05) is 13.1 Å². The first-order valence-corrected chi connectivity index (χ1v) is 7.64. The largest absolute Gasteiger partial charge is 0.494 e. The molecule has 1 amide bonds. The molecule has 22 heavy (non-hydrogen) atoms. The van der Waals surface area contributed by atoms with E-state index in [1.165, 1.54) is 14.2 Å². The number of carbonyl (C=O) groups excluding carboxylic acids is 2. The van der Waals surface area contributed by atoms with Gasteiger partial charge in [0.15, 0.2) is 5.75 Å². The fraction of sp³-hybridized carbons (Fsp3) is 0.467. The highest BCUT2D eigenvalue weighted by atomic mass is 35.5. The Kier molecular flexibility index (Phi) is 5.53. The van der Waals surface area contributed by atoms with Crippen LogP contribution in [0.15, 0.2) is 12.1 Å². The molecule has 7 heteroatoms. The smallest absolute Gasteiger partial charge is 0.310 e. The predicted molar refractivity (Wildman–Crippen MR) is 83.7 cm³/mol. The van der Waals surface area contributed by atoms with Gasteiger partial charge in [-0.05, 0) is 25.0 Å². The second-order valence-corrected chi connectivity index (χ2v) is 5.87. The number of hydrogen-bond acceptors (Lipinski definition) is 4.